The first-order chi connectivity index (χ1) is 8.17. The molecule has 0 N–H and O–H groups in total. The van der Waals surface area contributed by atoms with E-state index >= 15 is 0 Å². The fourth-order valence-corrected chi connectivity index (χ4v) is 1.70. The van der Waals surface area contributed by atoms with Crippen LogP contribution in [0.2, 0.25) is 0 Å². The van der Waals surface area contributed by atoms with Crippen LogP contribution in [0.4, 0.5) is 4.79 Å². The minimum atomic E-state index is -0.475. The molecule has 6 nitrogen and oxygen atoms in total. The number of rotatable bonds is 0. The largest absolute Gasteiger partial charge is 0.509 e. The van der Waals surface area contributed by atoms with Gasteiger partial charge < -0.3 is 14.2 Å². The monoisotopic (exact) mass is 244 g/mol. The molecular weight excluding hydrogens is 228 g/mol. The van der Waals surface area contributed by atoms with E-state index < -0.39 is 6.16 Å². The molecular formula is C11H16O6. The molecule has 0 bridgehead atoms. The number of hydrogen-bond acceptors (Lipinski definition) is 6. The molecule has 0 radical (unpaired) electrons. The van der Waals surface area contributed by atoms with Gasteiger partial charge >= 0.3 is 12.3 Å². The Bertz CT molecular complexity index is 264. The van der Waals surface area contributed by atoms with E-state index in [0.29, 0.717) is 6.10 Å². The van der Waals surface area contributed by atoms with Crippen molar-refractivity contribution >= 4 is 12.3 Å². The second-order valence-electron chi connectivity index (χ2n) is 4.07. The number of fused-ring (bicyclic) bond motifs is 1. The number of carbonyl (C=O) groups excluding carboxylic acids is 3. The number of epoxide rings is 1. The summed E-state index contributed by atoms with van der Waals surface area (Å²) in [5.41, 5.74) is 0. The van der Waals surface area contributed by atoms with Gasteiger partial charge in [0.25, 0.3) is 0 Å². The smallest absolute Gasteiger partial charge is 0.427 e. The SMILES string of the molecule is CC1CO1.O=C1OC2CCCCC2O1.O=C=O. The van der Waals surface area contributed by atoms with E-state index in [4.69, 9.17) is 23.8 Å². The van der Waals surface area contributed by atoms with Crippen LogP contribution in [0.15, 0.2) is 0 Å². The molecule has 0 aromatic rings. The molecule has 1 saturated carbocycles. The number of hydrogen-bond donors (Lipinski definition) is 0. The van der Waals surface area contributed by atoms with Gasteiger partial charge in [-0.3, -0.25) is 0 Å². The van der Waals surface area contributed by atoms with Crippen molar-refractivity contribution in [2.45, 2.75) is 50.9 Å². The van der Waals surface area contributed by atoms with Gasteiger partial charge in [0.15, 0.2) is 0 Å². The Morgan fingerprint density at radius 1 is 1.12 bits per heavy atom. The zero-order valence-corrected chi connectivity index (χ0v) is 9.72. The minimum Gasteiger partial charge on any atom is -0.427 e. The molecule has 0 spiro atoms. The van der Waals surface area contributed by atoms with Crippen LogP contribution in [0.25, 0.3) is 0 Å². The predicted molar refractivity (Wildman–Crippen MR) is 54.0 cm³/mol. The average Bonchev–Trinajstić information content (AvgIpc) is 2.97. The molecule has 0 aromatic heterocycles. The second kappa shape index (κ2) is 7.04. The van der Waals surface area contributed by atoms with Gasteiger partial charge in [-0.15, -0.1) is 0 Å². The highest BCUT2D eigenvalue weighted by atomic mass is 16.8. The van der Waals surface area contributed by atoms with E-state index in [9.17, 15) is 4.79 Å². The fourth-order valence-electron chi connectivity index (χ4n) is 1.70. The highest BCUT2D eigenvalue weighted by molar-refractivity contribution is 5.62. The summed E-state index contributed by atoms with van der Waals surface area (Å²) in [7, 11) is 0. The van der Waals surface area contributed by atoms with Crippen molar-refractivity contribution in [2.75, 3.05) is 6.61 Å². The molecule has 0 aromatic carbocycles. The topological polar surface area (TPSA) is 82.2 Å². The van der Waals surface area contributed by atoms with Crippen molar-refractivity contribution in [2.24, 2.45) is 0 Å². The standard InChI is InChI=1S/C7H10O3.C3H6O.CO2/c8-7-9-5-3-1-2-4-6(5)10-7;1-3-2-4-3;2-1-3/h5-6H,1-4H2;3H,2H2,1H3;. The third kappa shape index (κ3) is 5.47. The van der Waals surface area contributed by atoms with E-state index in [1.54, 1.807) is 0 Å². The maximum absolute atomic E-state index is 10.6. The van der Waals surface area contributed by atoms with Crippen molar-refractivity contribution < 1.29 is 28.6 Å². The van der Waals surface area contributed by atoms with Crippen molar-refractivity contribution in [3.8, 4) is 0 Å². The van der Waals surface area contributed by atoms with Crippen LogP contribution in [-0.4, -0.2) is 37.2 Å². The molecule has 6 heteroatoms. The molecule has 96 valence electrons. The molecule has 3 rings (SSSR count). The van der Waals surface area contributed by atoms with Gasteiger partial charge in [0.2, 0.25) is 0 Å². The summed E-state index contributed by atoms with van der Waals surface area (Å²) in [6, 6.07) is 0. The molecule has 3 fully saturated rings. The van der Waals surface area contributed by atoms with Gasteiger partial charge in [-0.2, -0.15) is 9.59 Å². The Hall–Kier alpha value is -1.39. The summed E-state index contributed by atoms with van der Waals surface area (Å²) in [6.07, 6.45) is 4.79. The summed E-state index contributed by atoms with van der Waals surface area (Å²) < 4.78 is 14.5. The van der Waals surface area contributed by atoms with Crippen molar-refractivity contribution in [1.29, 1.82) is 0 Å². The lowest BCUT2D eigenvalue weighted by Gasteiger charge is -2.19. The van der Waals surface area contributed by atoms with Crippen LogP contribution in [-0.2, 0) is 23.8 Å². The summed E-state index contributed by atoms with van der Waals surface area (Å²) in [6.45, 7) is 3.04. The van der Waals surface area contributed by atoms with Gasteiger partial charge in [0.05, 0.1) is 12.7 Å². The molecule has 2 saturated heterocycles. The van der Waals surface area contributed by atoms with Crippen molar-refractivity contribution in [3.05, 3.63) is 0 Å². The highest BCUT2D eigenvalue weighted by Crippen LogP contribution is 2.28. The Labute approximate surface area is 99.2 Å². The molecule has 3 atom stereocenters. The van der Waals surface area contributed by atoms with E-state index in [1.165, 1.54) is 0 Å². The highest BCUT2D eigenvalue weighted by Gasteiger charge is 2.37. The Morgan fingerprint density at radius 2 is 1.47 bits per heavy atom. The number of carbonyl (C=O) groups is 1. The van der Waals surface area contributed by atoms with Gasteiger partial charge in [-0.25, -0.2) is 4.79 Å². The van der Waals surface area contributed by atoms with E-state index in [2.05, 4.69) is 6.92 Å². The third-order valence-electron chi connectivity index (χ3n) is 2.64. The van der Waals surface area contributed by atoms with Gasteiger partial charge in [0.1, 0.15) is 12.2 Å². The van der Waals surface area contributed by atoms with Gasteiger partial charge in [-0.1, -0.05) is 0 Å². The van der Waals surface area contributed by atoms with Gasteiger partial charge in [0, 0.05) is 0 Å². The predicted octanol–water partition coefficient (Wildman–Crippen LogP) is 1.29. The summed E-state index contributed by atoms with van der Waals surface area (Å²) >= 11 is 0. The Kier molecular flexibility index (Phi) is 5.66. The van der Waals surface area contributed by atoms with Gasteiger partial charge in [-0.05, 0) is 32.6 Å². The van der Waals surface area contributed by atoms with Crippen LogP contribution >= 0.6 is 0 Å². The lowest BCUT2D eigenvalue weighted by atomic mass is 9.95. The van der Waals surface area contributed by atoms with Crippen molar-refractivity contribution in [3.63, 3.8) is 0 Å². The van der Waals surface area contributed by atoms with Crippen LogP contribution in [0.5, 0.6) is 0 Å². The van der Waals surface area contributed by atoms with E-state index in [1.807, 2.05) is 0 Å². The van der Waals surface area contributed by atoms with Crippen LogP contribution in [0, 0.1) is 0 Å². The molecule has 0 amide bonds. The van der Waals surface area contributed by atoms with Crippen LogP contribution in [0.1, 0.15) is 32.6 Å². The third-order valence-corrected chi connectivity index (χ3v) is 2.64. The zero-order valence-electron chi connectivity index (χ0n) is 9.72. The summed E-state index contributed by atoms with van der Waals surface area (Å²) in [4.78, 5) is 26.8. The zero-order chi connectivity index (χ0) is 12.7. The van der Waals surface area contributed by atoms with Crippen LogP contribution in [0.3, 0.4) is 0 Å². The second-order valence-corrected chi connectivity index (χ2v) is 4.07. The molecule has 2 heterocycles. The van der Waals surface area contributed by atoms with E-state index in [0.717, 1.165) is 32.3 Å². The summed E-state index contributed by atoms with van der Waals surface area (Å²) in [5, 5.41) is 0. The van der Waals surface area contributed by atoms with E-state index in [-0.39, 0.29) is 18.4 Å². The summed E-state index contributed by atoms with van der Waals surface area (Å²) in [5.74, 6) is 0. The lowest BCUT2D eigenvalue weighted by Crippen LogP contribution is -2.25. The Morgan fingerprint density at radius 3 is 1.76 bits per heavy atom. The number of ether oxygens (including phenoxy) is 3. The lowest BCUT2D eigenvalue weighted by molar-refractivity contribution is -0.191. The minimum absolute atomic E-state index is 0.0706. The maximum atomic E-state index is 10.6. The molecule has 3 unspecified atom stereocenters. The average molecular weight is 244 g/mol. The quantitative estimate of drug-likeness (QED) is 0.471. The first-order valence-corrected chi connectivity index (χ1v) is 5.65. The first-order valence-electron chi connectivity index (χ1n) is 5.65. The molecule has 1 aliphatic carbocycles. The molecule has 2 aliphatic heterocycles. The first kappa shape index (κ1) is 13.7. The maximum Gasteiger partial charge on any atom is 0.509 e. The fraction of sp³-hybridized carbons (Fsp3) is 0.818. The van der Waals surface area contributed by atoms with Crippen LogP contribution < -0.4 is 0 Å². The van der Waals surface area contributed by atoms with Crippen molar-refractivity contribution in [1.82, 2.24) is 0 Å². The molecule has 3 aliphatic rings. The Balaban J connectivity index is 0.000000172. The molecule has 17 heavy (non-hydrogen) atoms. The normalized spacial score (nSPS) is 32.3.